The van der Waals surface area contributed by atoms with Crippen LogP contribution in [0.5, 0.6) is 0 Å². The van der Waals surface area contributed by atoms with E-state index in [0.29, 0.717) is 33.0 Å². The molecule has 1 aliphatic rings. The number of ether oxygens (including phenoxy) is 2. The Morgan fingerprint density at radius 2 is 2.18 bits per heavy atom. The predicted octanol–water partition coefficient (Wildman–Crippen LogP) is 0.154. The summed E-state index contributed by atoms with van der Waals surface area (Å²) in [6.07, 6.45) is 1.06. The molecule has 2 unspecified atom stereocenters. The van der Waals surface area contributed by atoms with Gasteiger partial charge in [0.15, 0.2) is 0 Å². The molecule has 1 saturated heterocycles. The van der Waals surface area contributed by atoms with Crippen LogP contribution in [0.25, 0.3) is 0 Å². The van der Waals surface area contributed by atoms with E-state index in [4.69, 9.17) is 9.47 Å². The van der Waals surface area contributed by atoms with Gasteiger partial charge in [-0.3, -0.25) is 4.79 Å². The molecule has 17 heavy (non-hydrogen) atoms. The molecule has 0 saturated carbocycles. The molecule has 5 nitrogen and oxygen atoms in total. The van der Waals surface area contributed by atoms with Gasteiger partial charge in [0.2, 0.25) is 5.91 Å². The molecule has 1 amide bonds. The molecule has 1 rings (SSSR count). The minimum absolute atomic E-state index is 0.0656. The Morgan fingerprint density at radius 3 is 2.88 bits per heavy atom. The van der Waals surface area contributed by atoms with Gasteiger partial charge in [-0.05, 0) is 19.9 Å². The summed E-state index contributed by atoms with van der Waals surface area (Å²) in [4.78, 5) is 11.9. The minimum Gasteiger partial charge on any atom is -0.380 e. The summed E-state index contributed by atoms with van der Waals surface area (Å²) in [5.74, 6) is -0.000942. The second kappa shape index (κ2) is 8.44. The van der Waals surface area contributed by atoms with Gasteiger partial charge in [0, 0.05) is 19.2 Å². The first-order chi connectivity index (χ1) is 8.29. The van der Waals surface area contributed by atoms with Crippen LogP contribution in [0, 0.1) is 5.92 Å². The highest BCUT2D eigenvalue weighted by atomic mass is 16.5. The molecule has 1 fully saturated rings. The van der Waals surface area contributed by atoms with Gasteiger partial charge in [0.1, 0.15) is 0 Å². The Bertz CT molecular complexity index is 224. The molecule has 1 heterocycles. The van der Waals surface area contributed by atoms with Crippen molar-refractivity contribution in [3.63, 3.8) is 0 Å². The Hall–Kier alpha value is -0.650. The van der Waals surface area contributed by atoms with Gasteiger partial charge in [-0.15, -0.1) is 0 Å². The first-order valence-corrected chi connectivity index (χ1v) is 6.46. The predicted molar refractivity (Wildman–Crippen MR) is 65.9 cm³/mol. The van der Waals surface area contributed by atoms with Crippen LogP contribution in [0.4, 0.5) is 0 Å². The van der Waals surface area contributed by atoms with Gasteiger partial charge in [-0.1, -0.05) is 6.92 Å². The Morgan fingerprint density at radius 1 is 1.35 bits per heavy atom. The quantitative estimate of drug-likeness (QED) is 0.597. The van der Waals surface area contributed by atoms with E-state index < -0.39 is 0 Å². The van der Waals surface area contributed by atoms with Crippen LogP contribution in [0.15, 0.2) is 0 Å². The zero-order valence-electron chi connectivity index (χ0n) is 10.8. The van der Waals surface area contributed by atoms with Crippen molar-refractivity contribution >= 4 is 5.91 Å². The van der Waals surface area contributed by atoms with E-state index in [-0.39, 0.29) is 17.9 Å². The van der Waals surface area contributed by atoms with Crippen LogP contribution in [0.2, 0.25) is 0 Å². The summed E-state index contributed by atoms with van der Waals surface area (Å²) >= 11 is 0. The molecule has 5 heteroatoms. The van der Waals surface area contributed by atoms with Crippen LogP contribution in [-0.2, 0) is 14.3 Å². The fourth-order valence-corrected chi connectivity index (χ4v) is 1.87. The highest BCUT2D eigenvalue weighted by Gasteiger charge is 2.33. The molecular formula is C12H24N2O3. The summed E-state index contributed by atoms with van der Waals surface area (Å²) in [7, 11) is 0. The number of carbonyl (C=O) groups is 1. The third-order valence-corrected chi connectivity index (χ3v) is 2.82. The van der Waals surface area contributed by atoms with Crippen molar-refractivity contribution in [2.75, 3.05) is 39.5 Å². The lowest BCUT2D eigenvalue weighted by Gasteiger charge is -2.18. The zero-order valence-corrected chi connectivity index (χ0v) is 10.8. The van der Waals surface area contributed by atoms with E-state index in [9.17, 15) is 4.79 Å². The normalized spacial score (nSPS) is 23.9. The minimum atomic E-state index is -0.0665. The van der Waals surface area contributed by atoms with Crippen LogP contribution in [-0.4, -0.2) is 51.5 Å². The molecule has 0 aromatic heterocycles. The third kappa shape index (κ3) is 5.02. The first-order valence-electron chi connectivity index (χ1n) is 6.46. The summed E-state index contributed by atoms with van der Waals surface area (Å²) in [6, 6.07) is 0.155. The molecule has 0 radical (unpaired) electrons. The Kier molecular flexibility index (Phi) is 7.16. The van der Waals surface area contributed by atoms with Crippen LogP contribution in [0.1, 0.15) is 20.3 Å². The van der Waals surface area contributed by atoms with E-state index in [2.05, 4.69) is 17.6 Å². The van der Waals surface area contributed by atoms with Gasteiger partial charge < -0.3 is 20.1 Å². The monoisotopic (exact) mass is 244 g/mol. The molecule has 0 aromatic rings. The van der Waals surface area contributed by atoms with Crippen molar-refractivity contribution in [3.8, 4) is 0 Å². The summed E-state index contributed by atoms with van der Waals surface area (Å²) in [6.45, 7) is 7.95. The fraction of sp³-hybridized carbons (Fsp3) is 0.917. The molecule has 0 aliphatic carbocycles. The number of carbonyl (C=O) groups excluding carboxylic acids is 1. The van der Waals surface area contributed by atoms with Gasteiger partial charge >= 0.3 is 0 Å². The molecule has 2 atom stereocenters. The highest BCUT2D eigenvalue weighted by Crippen LogP contribution is 2.13. The van der Waals surface area contributed by atoms with Crippen molar-refractivity contribution in [1.82, 2.24) is 10.6 Å². The second-order valence-corrected chi connectivity index (χ2v) is 4.19. The molecule has 0 aromatic carbocycles. The van der Waals surface area contributed by atoms with Gasteiger partial charge in [0.25, 0.3) is 0 Å². The number of rotatable bonds is 8. The third-order valence-electron chi connectivity index (χ3n) is 2.82. The van der Waals surface area contributed by atoms with E-state index in [1.54, 1.807) is 0 Å². The van der Waals surface area contributed by atoms with E-state index in [1.165, 1.54) is 0 Å². The lowest BCUT2D eigenvalue weighted by atomic mass is 10.0. The smallest absolute Gasteiger partial charge is 0.227 e. The lowest BCUT2D eigenvalue weighted by molar-refractivity contribution is -0.125. The molecule has 2 N–H and O–H groups in total. The molecule has 1 aliphatic heterocycles. The van der Waals surface area contributed by atoms with E-state index in [1.807, 2.05) is 6.92 Å². The summed E-state index contributed by atoms with van der Waals surface area (Å²) in [5.41, 5.74) is 0. The first kappa shape index (κ1) is 14.4. The lowest BCUT2D eigenvalue weighted by Crippen LogP contribution is -2.44. The number of hydrogen-bond donors (Lipinski definition) is 2. The van der Waals surface area contributed by atoms with Crippen molar-refractivity contribution in [2.24, 2.45) is 5.92 Å². The largest absolute Gasteiger partial charge is 0.380 e. The topological polar surface area (TPSA) is 59.6 Å². The maximum Gasteiger partial charge on any atom is 0.227 e. The SMILES string of the molecule is CCCNC1COCC1C(=O)NCCOCC. The van der Waals surface area contributed by atoms with Gasteiger partial charge in [0.05, 0.1) is 25.7 Å². The van der Waals surface area contributed by atoms with Crippen LogP contribution in [0.3, 0.4) is 0 Å². The number of nitrogens with one attached hydrogen (secondary N) is 2. The molecule has 0 bridgehead atoms. The van der Waals surface area contributed by atoms with Gasteiger partial charge in [-0.25, -0.2) is 0 Å². The Labute approximate surface area is 103 Å². The van der Waals surface area contributed by atoms with Crippen LogP contribution >= 0.6 is 0 Å². The maximum absolute atomic E-state index is 11.9. The van der Waals surface area contributed by atoms with Crippen LogP contribution < -0.4 is 10.6 Å². The maximum atomic E-state index is 11.9. The van der Waals surface area contributed by atoms with Crippen molar-refractivity contribution in [3.05, 3.63) is 0 Å². The summed E-state index contributed by atoms with van der Waals surface area (Å²) < 4.78 is 10.5. The van der Waals surface area contributed by atoms with E-state index >= 15 is 0 Å². The standard InChI is InChI=1S/C12H24N2O3/c1-3-5-13-11-9-17-8-10(11)12(15)14-6-7-16-4-2/h10-11,13H,3-9H2,1-2H3,(H,14,15). The molecule has 0 spiro atoms. The summed E-state index contributed by atoms with van der Waals surface area (Å²) in [5, 5.41) is 6.23. The highest BCUT2D eigenvalue weighted by molar-refractivity contribution is 5.79. The van der Waals surface area contributed by atoms with Crippen molar-refractivity contribution in [1.29, 1.82) is 0 Å². The fourth-order valence-electron chi connectivity index (χ4n) is 1.87. The zero-order chi connectivity index (χ0) is 12.5. The number of amides is 1. The van der Waals surface area contributed by atoms with Crippen molar-refractivity contribution in [2.45, 2.75) is 26.3 Å². The molecule has 100 valence electrons. The van der Waals surface area contributed by atoms with Crippen molar-refractivity contribution < 1.29 is 14.3 Å². The average molecular weight is 244 g/mol. The average Bonchev–Trinajstić information content (AvgIpc) is 2.80. The van der Waals surface area contributed by atoms with Gasteiger partial charge in [-0.2, -0.15) is 0 Å². The number of hydrogen-bond acceptors (Lipinski definition) is 4. The Balaban J connectivity index is 2.24. The molecular weight excluding hydrogens is 220 g/mol. The second-order valence-electron chi connectivity index (χ2n) is 4.19. The van der Waals surface area contributed by atoms with E-state index in [0.717, 1.165) is 13.0 Å².